The van der Waals surface area contributed by atoms with Gasteiger partial charge in [-0.15, -0.1) is 0 Å². The topological polar surface area (TPSA) is 50.4 Å². The number of amides is 1. The zero-order chi connectivity index (χ0) is 23.9. The first kappa shape index (κ1) is 24.2. The minimum atomic E-state index is -4.90. The second-order valence-corrected chi connectivity index (χ2v) is 7.85. The van der Waals surface area contributed by atoms with Gasteiger partial charge in [0.05, 0.1) is 5.70 Å². The van der Waals surface area contributed by atoms with Crippen LogP contribution in [0.15, 0.2) is 42.5 Å². The molecule has 12 heteroatoms. The van der Waals surface area contributed by atoms with Gasteiger partial charge in [-0.25, -0.2) is 0 Å². The van der Waals surface area contributed by atoms with Crippen LogP contribution in [0.25, 0.3) is 5.70 Å². The summed E-state index contributed by atoms with van der Waals surface area (Å²) in [4.78, 5) is 17.0. The number of halogens is 8. The lowest BCUT2D eigenvalue weighted by atomic mass is 9.91. The van der Waals surface area contributed by atoms with Crippen LogP contribution in [0.3, 0.4) is 0 Å². The van der Waals surface area contributed by atoms with Gasteiger partial charge in [0.1, 0.15) is 6.54 Å². The minimum Gasteiger partial charge on any atom is -0.343 e. The molecule has 0 saturated heterocycles. The molecule has 1 aliphatic heterocycles. The van der Waals surface area contributed by atoms with E-state index in [0.717, 1.165) is 18.2 Å². The molecule has 2 aromatic rings. The zero-order valence-electron chi connectivity index (χ0n) is 16.1. The first-order valence-electron chi connectivity index (χ1n) is 8.88. The van der Waals surface area contributed by atoms with Crippen molar-refractivity contribution in [3.05, 3.63) is 74.8 Å². The van der Waals surface area contributed by atoms with Gasteiger partial charge in [0.2, 0.25) is 5.60 Å². The molecule has 0 spiro atoms. The van der Waals surface area contributed by atoms with Crippen molar-refractivity contribution in [1.29, 1.82) is 0 Å². The monoisotopic (exact) mass is 498 g/mol. The van der Waals surface area contributed by atoms with Crippen molar-refractivity contribution in [3.63, 3.8) is 0 Å². The molecule has 2 aromatic carbocycles. The first-order valence-corrected chi connectivity index (χ1v) is 9.63. The van der Waals surface area contributed by atoms with Crippen LogP contribution in [-0.4, -0.2) is 24.8 Å². The van der Waals surface area contributed by atoms with Crippen LogP contribution in [0.1, 0.15) is 27.0 Å². The molecule has 172 valence electrons. The summed E-state index contributed by atoms with van der Waals surface area (Å²) in [5.41, 5.74) is -0.671. The van der Waals surface area contributed by atoms with E-state index in [-0.39, 0.29) is 38.0 Å². The van der Waals surface area contributed by atoms with E-state index < -0.39 is 30.4 Å². The average Bonchev–Trinajstić information content (AvgIpc) is 3.11. The standard InChI is InChI=1S/C20H14Cl2F6N2O2/c1-10-4-11(2-3-15(10)17(31)29-9-19(23,24)25)16-8-18(32-30-16,20(26,27)28)12-5-13(21)7-14(22)6-12/h2-8,30H,9H2,1H3,(H,29,31). The van der Waals surface area contributed by atoms with Gasteiger partial charge in [-0.05, 0) is 54.5 Å². The van der Waals surface area contributed by atoms with Crippen molar-refractivity contribution in [2.45, 2.75) is 24.9 Å². The van der Waals surface area contributed by atoms with Crippen molar-refractivity contribution < 1.29 is 36.0 Å². The molecule has 0 bridgehead atoms. The molecule has 0 aliphatic carbocycles. The van der Waals surface area contributed by atoms with Crippen LogP contribution in [0, 0.1) is 6.92 Å². The fourth-order valence-corrected chi connectivity index (χ4v) is 3.64. The van der Waals surface area contributed by atoms with Crippen molar-refractivity contribution in [2.75, 3.05) is 6.54 Å². The number of carbonyl (C=O) groups is 1. The van der Waals surface area contributed by atoms with Gasteiger partial charge < -0.3 is 5.32 Å². The minimum absolute atomic E-state index is 0.0216. The molecular formula is C20H14Cl2F6N2O2. The zero-order valence-corrected chi connectivity index (χ0v) is 17.6. The van der Waals surface area contributed by atoms with Crippen LogP contribution < -0.4 is 10.8 Å². The summed E-state index contributed by atoms with van der Waals surface area (Å²) in [6.07, 6.45) is -8.68. The van der Waals surface area contributed by atoms with Crippen LogP contribution in [0.4, 0.5) is 26.3 Å². The number of hydrogen-bond donors (Lipinski definition) is 2. The number of alkyl halides is 6. The molecule has 1 heterocycles. The molecule has 1 aliphatic rings. The number of carbonyl (C=O) groups excluding carboxylic acids is 1. The predicted octanol–water partition coefficient (Wildman–Crippen LogP) is 5.93. The van der Waals surface area contributed by atoms with Crippen LogP contribution in [-0.2, 0) is 10.4 Å². The largest absolute Gasteiger partial charge is 0.428 e. The lowest BCUT2D eigenvalue weighted by Gasteiger charge is -2.28. The number of hydroxylamine groups is 1. The van der Waals surface area contributed by atoms with E-state index >= 15 is 0 Å². The molecule has 3 rings (SSSR count). The first-order chi connectivity index (χ1) is 14.7. The number of rotatable bonds is 4. The molecule has 1 atom stereocenters. The third kappa shape index (κ3) is 4.97. The van der Waals surface area contributed by atoms with Crippen molar-refractivity contribution >= 4 is 34.8 Å². The van der Waals surface area contributed by atoms with Crippen molar-refractivity contribution in [3.8, 4) is 0 Å². The van der Waals surface area contributed by atoms with Crippen LogP contribution >= 0.6 is 23.2 Å². The second-order valence-electron chi connectivity index (χ2n) is 6.98. The predicted molar refractivity (Wildman–Crippen MR) is 106 cm³/mol. The maximum absolute atomic E-state index is 14.0. The molecule has 1 unspecified atom stereocenters. The third-order valence-corrected chi connectivity index (χ3v) is 5.05. The van der Waals surface area contributed by atoms with Gasteiger partial charge in [0.15, 0.2) is 0 Å². The van der Waals surface area contributed by atoms with E-state index in [1.807, 2.05) is 0 Å². The summed E-state index contributed by atoms with van der Waals surface area (Å²) < 4.78 is 79.1. The Labute approximate surface area is 188 Å². The summed E-state index contributed by atoms with van der Waals surface area (Å²) in [5, 5.41) is 1.70. The highest BCUT2D eigenvalue weighted by Crippen LogP contribution is 2.48. The third-order valence-electron chi connectivity index (χ3n) is 4.61. The summed E-state index contributed by atoms with van der Waals surface area (Å²) in [5.74, 6) is -0.964. The summed E-state index contributed by atoms with van der Waals surface area (Å²) in [7, 11) is 0. The van der Waals surface area contributed by atoms with Crippen molar-refractivity contribution in [1.82, 2.24) is 10.8 Å². The number of hydrogen-bond acceptors (Lipinski definition) is 3. The molecule has 1 amide bonds. The van der Waals surface area contributed by atoms with Gasteiger partial charge in [0, 0.05) is 21.2 Å². The highest BCUT2D eigenvalue weighted by Gasteiger charge is 2.59. The van der Waals surface area contributed by atoms with Gasteiger partial charge in [-0.3, -0.25) is 15.1 Å². The molecule has 0 fully saturated rings. The molecule has 2 N–H and O–H groups in total. The molecule has 4 nitrogen and oxygen atoms in total. The van der Waals surface area contributed by atoms with E-state index in [1.165, 1.54) is 31.2 Å². The van der Waals surface area contributed by atoms with Crippen molar-refractivity contribution in [2.24, 2.45) is 0 Å². The average molecular weight is 499 g/mol. The Hall–Kier alpha value is -2.43. The number of nitrogens with one attached hydrogen (secondary N) is 2. The summed E-state index contributed by atoms with van der Waals surface area (Å²) in [6, 6.07) is 7.26. The quantitative estimate of drug-likeness (QED) is 0.514. The lowest BCUT2D eigenvalue weighted by molar-refractivity contribution is -0.269. The van der Waals surface area contributed by atoms with E-state index in [0.29, 0.717) is 0 Å². The van der Waals surface area contributed by atoms with E-state index in [4.69, 9.17) is 28.0 Å². The maximum atomic E-state index is 14.0. The second kappa shape index (κ2) is 8.49. The molecule has 0 saturated carbocycles. The molecule has 0 radical (unpaired) electrons. The maximum Gasteiger partial charge on any atom is 0.428 e. The van der Waals surface area contributed by atoms with Gasteiger partial charge >= 0.3 is 12.4 Å². The van der Waals surface area contributed by atoms with Gasteiger partial charge in [-0.2, -0.15) is 26.3 Å². The fourth-order valence-electron chi connectivity index (χ4n) is 3.12. The molecule has 32 heavy (non-hydrogen) atoms. The van der Waals surface area contributed by atoms with Gasteiger partial charge in [-0.1, -0.05) is 29.3 Å². The Bertz CT molecular complexity index is 1060. The fraction of sp³-hybridized carbons (Fsp3) is 0.250. The van der Waals surface area contributed by atoms with Gasteiger partial charge in [0.25, 0.3) is 5.91 Å². The normalized spacial score (nSPS) is 18.8. The number of aryl methyl sites for hydroxylation is 1. The highest BCUT2D eigenvalue weighted by molar-refractivity contribution is 6.34. The molecule has 0 aromatic heterocycles. The highest BCUT2D eigenvalue weighted by atomic mass is 35.5. The SMILES string of the molecule is Cc1cc(C2=CC(c3cc(Cl)cc(Cl)c3)(C(F)(F)F)ON2)ccc1C(=O)NCC(F)(F)F. The van der Waals surface area contributed by atoms with E-state index in [1.54, 1.807) is 5.32 Å². The Morgan fingerprint density at radius 2 is 1.69 bits per heavy atom. The lowest BCUT2D eigenvalue weighted by Crippen LogP contribution is -2.42. The van der Waals surface area contributed by atoms with E-state index in [9.17, 15) is 31.1 Å². The van der Waals surface area contributed by atoms with Crippen LogP contribution in [0.5, 0.6) is 0 Å². The smallest absolute Gasteiger partial charge is 0.343 e. The Morgan fingerprint density at radius 3 is 2.22 bits per heavy atom. The Balaban J connectivity index is 1.96. The number of benzene rings is 2. The summed E-state index contributed by atoms with van der Waals surface area (Å²) >= 11 is 11.7. The Morgan fingerprint density at radius 1 is 1.06 bits per heavy atom. The van der Waals surface area contributed by atoms with Crippen LogP contribution in [0.2, 0.25) is 10.0 Å². The van der Waals surface area contributed by atoms with E-state index in [2.05, 4.69) is 5.48 Å². The molecular weight excluding hydrogens is 485 g/mol. The summed E-state index contributed by atoms with van der Waals surface area (Å²) in [6.45, 7) is -0.0695. The Kier molecular flexibility index (Phi) is 6.43.